The number of fused-ring (bicyclic) bond motifs is 1. The number of rotatable bonds is 3. The minimum atomic E-state index is 0.0242. The summed E-state index contributed by atoms with van der Waals surface area (Å²) in [6.45, 7) is 4.12. The first-order valence-corrected chi connectivity index (χ1v) is 6.77. The van der Waals surface area contributed by atoms with Gasteiger partial charge in [0.1, 0.15) is 11.3 Å². The van der Waals surface area contributed by atoms with E-state index in [4.69, 9.17) is 4.42 Å². The molecule has 1 N–H and O–H groups in total. The van der Waals surface area contributed by atoms with Crippen molar-refractivity contribution in [3.63, 3.8) is 0 Å². The Morgan fingerprint density at radius 1 is 1.25 bits per heavy atom. The maximum atomic E-state index is 6.00. The van der Waals surface area contributed by atoms with Gasteiger partial charge in [0.25, 0.3) is 0 Å². The third kappa shape index (κ3) is 1.93. The van der Waals surface area contributed by atoms with E-state index in [2.05, 4.69) is 29.5 Å². The lowest BCUT2D eigenvalue weighted by molar-refractivity contribution is 0.489. The van der Waals surface area contributed by atoms with E-state index in [-0.39, 0.29) is 6.04 Å². The van der Waals surface area contributed by atoms with Crippen LogP contribution in [-0.2, 0) is 7.05 Å². The fourth-order valence-corrected chi connectivity index (χ4v) is 2.78. The zero-order valence-corrected chi connectivity index (χ0v) is 12.3. The van der Waals surface area contributed by atoms with E-state index in [1.807, 2.05) is 43.9 Å². The van der Waals surface area contributed by atoms with Crippen LogP contribution in [0.3, 0.4) is 0 Å². The molecule has 2 heterocycles. The maximum absolute atomic E-state index is 6.00. The highest BCUT2D eigenvalue weighted by molar-refractivity contribution is 5.78. The summed E-state index contributed by atoms with van der Waals surface area (Å²) in [4.78, 5) is 0. The molecule has 1 atom stereocenters. The lowest BCUT2D eigenvalue weighted by atomic mass is 10.0. The molecule has 0 amide bonds. The molecule has 0 aliphatic heterocycles. The minimum Gasteiger partial charge on any atom is -0.459 e. The Balaban J connectivity index is 2.13. The number of hydrogen-bond donors (Lipinski definition) is 1. The summed E-state index contributed by atoms with van der Waals surface area (Å²) >= 11 is 0. The molecule has 3 aromatic rings. The Labute approximate surface area is 118 Å². The van der Waals surface area contributed by atoms with Crippen LogP contribution >= 0.6 is 0 Å². The number of para-hydroxylation sites is 1. The SMILES string of the molecule is CNC(c1cc2ccccc2o1)c1c(C)nn(C)c1C. The first kappa shape index (κ1) is 12.9. The highest BCUT2D eigenvalue weighted by Gasteiger charge is 2.23. The molecule has 0 saturated heterocycles. The van der Waals surface area contributed by atoms with E-state index in [0.29, 0.717) is 0 Å². The monoisotopic (exact) mass is 269 g/mol. The predicted octanol–water partition coefficient (Wildman–Crippen LogP) is 3.09. The Kier molecular flexibility index (Phi) is 3.10. The Hall–Kier alpha value is -2.07. The summed E-state index contributed by atoms with van der Waals surface area (Å²) in [5.41, 5.74) is 4.29. The molecule has 4 heteroatoms. The van der Waals surface area contributed by atoms with Crippen molar-refractivity contribution in [3.05, 3.63) is 53.0 Å². The molecule has 0 aliphatic carbocycles. The van der Waals surface area contributed by atoms with Crippen LogP contribution in [0.4, 0.5) is 0 Å². The van der Waals surface area contributed by atoms with Gasteiger partial charge in [-0.05, 0) is 33.0 Å². The molecule has 0 spiro atoms. The van der Waals surface area contributed by atoms with Crippen molar-refractivity contribution in [1.29, 1.82) is 0 Å². The van der Waals surface area contributed by atoms with Gasteiger partial charge in [0.15, 0.2) is 0 Å². The van der Waals surface area contributed by atoms with Gasteiger partial charge in [0, 0.05) is 23.7 Å². The predicted molar refractivity (Wildman–Crippen MR) is 79.8 cm³/mol. The molecule has 0 fully saturated rings. The smallest absolute Gasteiger partial charge is 0.134 e. The summed E-state index contributed by atoms with van der Waals surface area (Å²) in [7, 11) is 3.92. The Morgan fingerprint density at radius 3 is 2.60 bits per heavy atom. The van der Waals surface area contributed by atoms with Crippen molar-refractivity contribution in [2.75, 3.05) is 7.05 Å². The number of nitrogens with zero attached hydrogens (tertiary/aromatic N) is 2. The molecule has 0 radical (unpaired) electrons. The van der Waals surface area contributed by atoms with E-state index < -0.39 is 0 Å². The van der Waals surface area contributed by atoms with Crippen LogP contribution < -0.4 is 5.32 Å². The summed E-state index contributed by atoms with van der Waals surface area (Å²) in [6.07, 6.45) is 0. The van der Waals surface area contributed by atoms with E-state index in [1.54, 1.807) is 0 Å². The summed E-state index contributed by atoms with van der Waals surface area (Å²) in [5, 5.41) is 8.96. The van der Waals surface area contributed by atoms with Gasteiger partial charge in [-0.15, -0.1) is 0 Å². The van der Waals surface area contributed by atoms with Crippen LogP contribution in [0.5, 0.6) is 0 Å². The number of aryl methyl sites for hydroxylation is 2. The molecule has 0 aliphatic rings. The molecular formula is C16H19N3O. The first-order valence-electron chi connectivity index (χ1n) is 6.77. The lowest BCUT2D eigenvalue weighted by Crippen LogP contribution is -2.18. The van der Waals surface area contributed by atoms with Crippen LogP contribution in [0.15, 0.2) is 34.7 Å². The highest BCUT2D eigenvalue weighted by Crippen LogP contribution is 2.31. The molecule has 1 aromatic carbocycles. The fraction of sp³-hybridized carbons (Fsp3) is 0.312. The van der Waals surface area contributed by atoms with Gasteiger partial charge in [-0.25, -0.2) is 0 Å². The van der Waals surface area contributed by atoms with Crippen LogP contribution in [-0.4, -0.2) is 16.8 Å². The normalized spacial score (nSPS) is 13.0. The van der Waals surface area contributed by atoms with Crippen LogP contribution in [0, 0.1) is 13.8 Å². The summed E-state index contributed by atoms with van der Waals surface area (Å²) in [6, 6.07) is 10.2. The zero-order valence-electron chi connectivity index (χ0n) is 12.3. The third-order valence-corrected chi connectivity index (χ3v) is 3.87. The largest absolute Gasteiger partial charge is 0.459 e. The zero-order chi connectivity index (χ0) is 14.3. The van der Waals surface area contributed by atoms with Crippen LogP contribution in [0.2, 0.25) is 0 Å². The molecular weight excluding hydrogens is 250 g/mol. The molecule has 4 nitrogen and oxygen atoms in total. The van der Waals surface area contributed by atoms with Gasteiger partial charge in [-0.3, -0.25) is 4.68 Å². The quantitative estimate of drug-likeness (QED) is 0.794. The number of aromatic nitrogens is 2. The highest BCUT2D eigenvalue weighted by atomic mass is 16.3. The average molecular weight is 269 g/mol. The molecule has 0 bridgehead atoms. The van der Waals surface area contributed by atoms with Crippen LogP contribution in [0.25, 0.3) is 11.0 Å². The molecule has 104 valence electrons. The second-order valence-corrected chi connectivity index (χ2v) is 5.12. The van der Waals surface area contributed by atoms with E-state index in [0.717, 1.165) is 28.1 Å². The average Bonchev–Trinajstić information content (AvgIpc) is 2.96. The van der Waals surface area contributed by atoms with Gasteiger partial charge < -0.3 is 9.73 Å². The van der Waals surface area contributed by atoms with Crippen molar-refractivity contribution in [3.8, 4) is 0 Å². The fourth-order valence-electron chi connectivity index (χ4n) is 2.78. The van der Waals surface area contributed by atoms with Crippen molar-refractivity contribution >= 4 is 11.0 Å². The number of nitrogens with one attached hydrogen (secondary N) is 1. The van der Waals surface area contributed by atoms with E-state index >= 15 is 0 Å². The second kappa shape index (κ2) is 4.80. The summed E-state index contributed by atoms with van der Waals surface area (Å²) < 4.78 is 7.91. The molecule has 20 heavy (non-hydrogen) atoms. The van der Waals surface area contributed by atoms with Crippen LogP contribution in [0.1, 0.15) is 28.8 Å². The van der Waals surface area contributed by atoms with E-state index in [9.17, 15) is 0 Å². The van der Waals surface area contributed by atoms with E-state index in [1.165, 1.54) is 5.56 Å². The third-order valence-electron chi connectivity index (χ3n) is 3.87. The van der Waals surface area contributed by atoms with Crippen molar-refractivity contribution < 1.29 is 4.42 Å². The summed E-state index contributed by atoms with van der Waals surface area (Å²) in [5.74, 6) is 0.924. The number of benzene rings is 1. The van der Waals surface area contributed by atoms with Gasteiger partial charge >= 0.3 is 0 Å². The lowest BCUT2D eigenvalue weighted by Gasteiger charge is -2.14. The number of hydrogen-bond acceptors (Lipinski definition) is 3. The van der Waals surface area contributed by atoms with Gasteiger partial charge in [-0.1, -0.05) is 18.2 Å². The topological polar surface area (TPSA) is 43.0 Å². The molecule has 1 unspecified atom stereocenters. The first-order chi connectivity index (χ1) is 9.61. The standard InChI is InChI=1S/C16H19N3O/c1-10-15(11(2)19(4)18-10)16(17-3)14-9-12-7-5-6-8-13(12)20-14/h5-9,16-17H,1-4H3. The van der Waals surface area contributed by atoms with Gasteiger partial charge in [-0.2, -0.15) is 5.10 Å². The second-order valence-electron chi connectivity index (χ2n) is 5.12. The van der Waals surface area contributed by atoms with Crippen molar-refractivity contribution in [2.24, 2.45) is 7.05 Å². The molecule has 0 saturated carbocycles. The minimum absolute atomic E-state index is 0.0242. The van der Waals surface area contributed by atoms with Gasteiger partial charge in [0.05, 0.1) is 11.7 Å². The van der Waals surface area contributed by atoms with Crippen molar-refractivity contribution in [1.82, 2.24) is 15.1 Å². The number of furan rings is 1. The maximum Gasteiger partial charge on any atom is 0.134 e. The van der Waals surface area contributed by atoms with Crippen molar-refractivity contribution in [2.45, 2.75) is 19.9 Å². The van der Waals surface area contributed by atoms with Gasteiger partial charge in [0.2, 0.25) is 0 Å². The Morgan fingerprint density at radius 2 is 2.00 bits per heavy atom. The molecule has 2 aromatic heterocycles. The Bertz CT molecular complexity index is 721. The molecule has 3 rings (SSSR count).